The van der Waals surface area contributed by atoms with Crippen molar-refractivity contribution in [3.63, 3.8) is 0 Å². The van der Waals surface area contributed by atoms with Gasteiger partial charge >= 0.3 is 6.09 Å². The molecule has 0 aliphatic carbocycles. The predicted molar refractivity (Wildman–Crippen MR) is 108 cm³/mol. The first kappa shape index (κ1) is 18.7. The SMILES string of the molecule is Cc1ccc(C(=O)C2CC3CCC(C2)N3C(=O)OCc2ccccc2)c(C)c1. The summed E-state index contributed by atoms with van der Waals surface area (Å²) in [5.74, 6) is 0.226. The van der Waals surface area contributed by atoms with Gasteiger partial charge in [0.05, 0.1) is 0 Å². The van der Waals surface area contributed by atoms with Crippen molar-refractivity contribution in [1.82, 2.24) is 4.90 Å². The van der Waals surface area contributed by atoms with E-state index >= 15 is 0 Å². The highest BCUT2D eigenvalue weighted by molar-refractivity contribution is 5.99. The van der Waals surface area contributed by atoms with Gasteiger partial charge in [-0.2, -0.15) is 0 Å². The van der Waals surface area contributed by atoms with Crippen LogP contribution < -0.4 is 0 Å². The summed E-state index contributed by atoms with van der Waals surface area (Å²) in [6.45, 7) is 4.34. The Morgan fingerprint density at radius 1 is 1.00 bits per heavy atom. The summed E-state index contributed by atoms with van der Waals surface area (Å²) in [5.41, 5.74) is 4.03. The number of nitrogens with zero attached hydrogens (tertiary/aromatic N) is 1. The normalized spacial score (nSPS) is 23.5. The van der Waals surface area contributed by atoms with E-state index in [9.17, 15) is 9.59 Å². The first-order valence-electron chi connectivity index (χ1n) is 10.1. The number of hydrogen-bond acceptors (Lipinski definition) is 3. The number of fused-ring (bicyclic) bond motifs is 2. The third-order valence-electron chi connectivity index (χ3n) is 6.17. The van der Waals surface area contributed by atoms with E-state index in [1.54, 1.807) is 0 Å². The zero-order chi connectivity index (χ0) is 19.7. The third-order valence-corrected chi connectivity index (χ3v) is 6.17. The molecule has 2 unspecified atom stereocenters. The Morgan fingerprint density at radius 2 is 1.68 bits per heavy atom. The van der Waals surface area contributed by atoms with Crippen LogP contribution in [-0.2, 0) is 11.3 Å². The van der Waals surface area contributed by atoms with E-state index < -0.39 is 0 Å². The first-order chi connectivity index (χ1) is 13.5. The Hall–Kier alpha value is -2.62. The van der Waals surface area contributed by atoms with Gasteiger partial charge in [0.25, 0.3) is 0 Å². The highest BCUT2D eigenvalue weighted by atomic mass is 16.6. The van der Waals surface area contributed by atoms with Gasteiger partial charge in [-0.05, 0) is 50.7 Å². The lowest BCUT2D eigenvalue weighted by Gasteiger charge is -2.37. The molecule has 4 nitrogen and oxygen atoms in total. The van der Waals surface area contributed by atoms with E-state index in [1.807, 2.05) is 61.2 Å². The van der Waals surface area contributed by atoms with Crippen LogP contribution in [0.15, 0.2) is 48.5 Å². The maximum Gasteiger partial charge on any atom is 0.410 e. The van der Waals surface area contributed by atoms with Crippen molar-refractivity contribution in [2.75, 3.05) is 0 Å². The molecule has 2 heterocycles. The van der Waals surface area contributed by atoms with E-state index in [4.69, 9.17) is 4.74 Å². The summed E-state index contributed by atoms with van der Waals surface area (Å²) in [6, 6.07) is 16.0. The molecule has 0 saturated carbocycles. The van der Waals surface area contributed by atoms with Crippen LogP contribution in [0.4, 0.5) is 4.79 Å². The number of rotatable bonds is 4. The van der Waals surface area contributed by atoms with Gasteiger partial charge in [0.1, 0.15) is 6.61 Å². The number of aryl methyl sites for hydroxylation is 2. The predicted octanol–water partition coefficient (Wildman–Crippen LogP) is 5.07. The fourth-order valence-corrected chi connectivity index (χ4v) is 4.79. The van der Waals surface area contributed by atoms with Gasteiger partial charge in [-0.25, -0.2) is 4.79 Å². The van der Waals surface area contributed by atoms with E-state index in [1.165, 1.54) is 5.56 Å². The second-order valence-electron chi connectivity index (χ2n) is 8.18. The molecule has 0 N–H and O–H groups in total. The topological polar surface area (TPSA) is 46.6 Å². The number of hydrogen-bond donors (Lipinski definition) is 0. The smallest absolute Gasteiger partial charge is 0.410 e. The van der Waals surface area contributed by atoms with Gasteiger partial charge in [0.2, 0.25) is 0 Å². The quantitative estimate of drug-likeness (QED) is 0.699. The molecule has 4 rings (SSSR count). The van der Waals surface area contributed by atoms with E-state index in [0.29, 0.717) is 6.61 Å². The molecule has 2 bridgehead atoms. The standard InChI is InChI=1S/C24H27NO3/c1-16-8-11-22(17(2)12-16)23(26)19-13-20-9-10-21(14-19)25(20)24(27)28-15-18-6-4-3-5-7-18/h3-8,11-12,19-21H,9-10,13-15H2,1-2H3. The molecule has 0 radical (unpaired) electrons. The van der Waals surface area contributed by atoms with Crippen LogP contribution in [-0.4, -0.2) is 28.9 Å². The first-order valence-corrected chi connectivity index (χ1v) is 10.1. The average molecular weight is 377 g/mol. The molecular formula is C24H27NO3. The van der Waals surface area contributed by atoms with Gasteiger partial charge in [0.15, 0.2) is 5.78 Å². The number of benzene rings is 2. The van der Waals surface area contributed by atoms with Gasteiger partial charge in [0, 0.05) is 23.6 Å². The summed E-state index contributed by atoms with van der Waals surface area (Å²) in [6.07, 6.45) is 3.16. The summed E-state index contributed by atoms with van der Waals surface area (Å²) in [4.78, 5) is 27.7. The Labute approximate surface area is 166 Å². The zero-order valence-corrected chi connectivity index (χ0v) is 16.6. The van der Waals surface area contributed by atoms with Gasteiger partial charge in [-0.3, -0.25) is 4.79 Å². The Bertz CT molecular complexity index is 863. The number of piperidine rings is 1. The Balaban J connectivity index is 1.41. The fraction of sp³-hybridized carbons (Fsp3) is 0.417. The molecule has 1 amide bonds. The number of Topliss-reactive ketones (excluding diaryl/α,β-unsaturated/α-hetero) is 1. The van der Waals surface area contributed by atoms with Crippen molar-refractivity contribution in [3.05, 3.63) is 70.8 Å². The molecule has 0 spiro atoms. The second kappa shape index (κ2) is 7.78. The Morgan fingerprint density at radius 3 is 2.32 bits per heavy atom. The van der Waals surface area contributed by atoms with E-state index in [0.717, 1.165) is 42.4 Å². The molecule has 2 saturated heterocycles. The molecule has 2 aliphatic heterocycles. The summed E-state index contributed by atoms with van der Waals surface area (Å²) < 4.78 is 5.56. The maximum atomic E-state index is 13.1. The van der Waals surface area contributed by atoms with Gasteiger partial charge in [-0.15, -0.1) is 0 Å². The minimum absolute atomic E-state index is 0.00270. The lowest BCUT2D eigenvalue weighted by Crippen LogP contribution is -2.48. The van der Waals surface area contributed by atoms with Crippen LogP contribution in [0.1, 0.15) is 52.7 Å². The highest BCUT2D eigenvalue weighted by Crippen LogP contribution is 2.40. The van der Waals surface area contributed by atoms with Crippen LogP contribution >= 0.6 is 0 Å². The minimum atomic E-state index is -0.242. The number of carbonyl (C=O) groups excluding carboxylic acids is 2. The van der Waals surface area contributed by atoms with Crippen molar-refractivity contribution >= 4 is 11.9 Å². The maximum absolute atomic E-state index is 13.1. The van der Waals surface area contributed by atoms with Crippen molar-refractivity contribution in [2.45, 2.75) is 58.2 Å². The van der Waals surface area contributed by atoms with Gasteiger partial charge in [-0.1, -0.05) is 54.1 Å². The summed E-state index contributed by atoms with van der Waals surface area (Å²) in [7, 11) is 0. The Kier molecular flexibility index (Phi) is 5.21. The molecule has 28 heavy (non-hydrogen) atoms. The molecule has 2 atom stereocenters. The lowest BCUT2D eigenvalue weighted by molar-refractivity contribution is 0.0485. The van der Waals surface area contributed by atoms with E-state index in [2.05, 4.69) is 6.07 Å². The lowest BCUT2D eigenvalue weighted by atomic mass is 9.83. The number of carbonyl (C=O) groups is 2. The highest BCUT2D eigenvalue weighted by Gasteiger charge is 2.46. The molecule has 2 fully saturated rings. The molecule has 146 valence electrons. The number of ether oxygens (including phenoxy) is 1. The molecule has 2 aromatic carbocycles. The largest absolute Gasteiger partial charge is 0.445 e. The number of ketones is 1. The van der Waals surface area contributed by atoms with Crippen molar-refractivity contribution in [2.24, 2.45) is 5.92 Å². The van der Waals surface area contributed by atoms with Crippen LogP contribution in [0.3, 0.4) is 0 Å². The van der Waals surface area contributed by atoms with Crippen molar-refractivity contribution in [1.29, 1.82) is 0 Å². The summed E-state index contributed by atoms with van der Waals surface area (Å²) in [5, 5.41) is 0. The monoisotopic (exact) mass is 377 g/mol. The number of amides is 1. The van der Waals surface area contributed by atoms with Crippen molar-refractivity contribution < 1.29 is 14.3 Å². The minimum Gasteiger partial charge on any atom is -0.445 e. The van der Waals surface area contributed by atoms with Gasteiger partial charge < -0.3 is 9.64 Å². The fourth-order valence-electron chi connectivity index (χ4n) is 4.79. The molecule has 4 heteroatoms. The molecule has 2 aromatic rings. The van der Waals surface area contributed by atoms with E-state index in [-0.39, 0.29) is 29.9 Å². The second-order valence-corrected chi connectivity index (χ2v) is 8.18. The molecular weight excluding hydrogens is 350 g/mol. The average Bonchev–Trinajstić information content (AvgIpc) is 2.96. The van der Waals surface area contributed by atoms with Crippen molar-refractivity contribution in [3.8, 4) is 0 Å². The van der Waals surface area contributed by atoms with Crippen LogP contribution in [0, 0.1) is 19.8 Å². The van der Waals surface area contributed by atoms with Crippen LogP contribution in [0.25, 0.3) is 0 Å². The molecule has 2 aliphatic rings. The summed E-state index contributed by atoms with van der Waals surface area (Å²) >= 11 is 0. The zero-order valence-electron chi connectivity index (χ0n) is 16.6. The van der Waals surface area contributed by atoms with Crippen LogP contribution in [0.2, 0.25) is 0 Å². The third kappa shape index (κ3) is 3.68. The molecule has 0 aromatic heterocycles. The van der Waals surface area contributed by atoms with Crippen LogP contribution in [0.5, 0.6) is 0 Å².